The third kappa shape index (κ3) is 2.87. The Kier molecular flexibility index (Phi) is 3.75. The minimum Gasteiger partial charge on any atom is -0.480 e. The highest BCUT2D eigenvalue weighted by Gasteiger charge is 2.35. The summed E-state index contributed by atoms with van der Waals surface area (Å²) >= 11 is 5.56. The van der Waals surface area contributed by atoms with Crippen molar-refractivity contribution < 1.29 is 14.7 Å². The van der Waals surface area contributed by atoms with E-state index >= 15 is 0 Å². The standard InChI is InChI=1S/C11H13ClN4O3/c1-6(12)3-13-11(19)16-4-8-7(14-5-15-8)2-9(16)10(17)18/h5,9H,1-4H2,(H,13,19)(H,14,15)(H,17,18). The maximum Gasteiger partial charge on any atom is 0.326 e. The number of carboxylic acid groups (broad SMARTS) is 1. The highest BCUT2D eigenvalue weighted by molar-refractivity contribution is 6.29. The number of aliphatic carboxylic acids is 1. The number of halogens is 1. The first-order valence-electron chi connectivity index (χ1n) is 5.60. The average molecular weight is 285 g/mol. The van der Waals surface area contributed by atoms with E-state index in [1.165, 1.54) is 11.2 Å². The van der Waals surface area contributed by atoms with Crippen LogP contribution in [0.2, 0.25) is 0 Å². The molecule has 19 heavy (non-hydrogen) atoms. The quantitative estimate of drug-likeness (QED) is 0.760. The van der Waals surface area contributed by atoms with Gasteiger partial charge in [-0.2, -0.15) is 0 Å². The molecule has 3 N–H and O–H groups in total. The zero-order chi connectivity index (χ0) is 14.0. The molecule has 0 aromatic carbocycles. The van der Waals surface area contributed by atoms with Crippen LogP contribution in [0.15, 0.2) is 17.9 Å². The molecule has 0 aliphatic carbocycles. The molecular weight excluding hydrogens is 272 g/mol. The molecule has 7 nitrogen and oxygen atoms in total. The number of carboxylic acids is 1. The maximum atomic E-state index is 12.0. The van der Waals surface area contributed by atoms with Crippen LogP contribution in [0.5, 0.6) is 0 Å². The number of carbonyl (C=O) groups is 2. The summed E-state index contributed by atoms with van der Waals surface area (Å²) in [7, 11) is 0. The number of nitrogens with zero attached hydrogens (tertiary/aromatic N) is 2. The normalized spacial score (nSPS) is 17.7. The third-order valence-corrected chi connectivity index (χ3v) is 3.01. The van der Waals surface area contributed by atoms with Gasteiger partial charge < -0.3 is 20.3 Å². The van der Waals surface area contributed by atoms with Gasteiger partial charge in [0.25, 0.3) is 0 Å². The van der Waals surface area contributed by atoms with Crippen molar-refractivity contribution >= 4 is 23.6 Å². The van der Waals surface area contributed by atoms with Gasteiger partial charge in [-0.25, -0.2) is 14.6 Å². The molecule has 0 spiro atoms. The van der Waals surface area contributed by atoms with Gasteiger partial charge in [0.1, 0.15) is 6.04 Å². The second-order valence-electron chi connectivity index (χ2n) is 4.19. The zero-order valence-electron chi connectivity index (χ0n) is 10.0. The predicted molar refractivity (Wildman–Crippen MR) is 67.7 cm³/mol. The number of nitrogens with one attached hydrogen (secondary N) is 2. The Balaban J connectivity index is 2.15. The van der Waals surface area contributed by atoms with E-state index in [4.69, 9.17) is 11.6 Å². The van der Waals surface area contributed by atoms with Crippen molar-refractivity contribution in [3.05, 3.63) is 29.3 Å². The first kappa shape index (κ1) is 13.4. The highest BCUT2D eigenvalue weighted by atomic mass is 35.5. The number of imidazole rings is 1. The largest absolute Gasteiger partial charge is 0.480 e. The molecule has 1 aliphatic rings. The molecule has 1 aliphatic heterocycles. The Morgan fingerprint density at radius 1 is 1.68 bits per heavy atom. The molecule has 2 amide bonds. The van der Waals surface area contributed by atoms with Crippen LogP contribution in [0.3, 0.4) is 0 Å². The molecule has 0 fully saturated rings. The van der Waals surface area contributed by atoms with Gasteiger partial charge in [-0.3, -0.25) is 0 Å². The van der Waals surface area contributed by atoms with Crippen LogP contribution in [-0.2, 0) is 17.8 Å². The summed E-state index contributed by atoms with van der Waals surface area (Å²) < 4.78 is 0. The van der Waals surface area contributed by atoms with E-state index in [9.17, 15) is 14.7 Å². The smallest absolute Gasteiger partial charge is 0.326 e. The highest BCUT2D eigenvalue weighted by Crippen LogP contribution is 2.20. The van der Waals surface area contributed by atoms with Crippen LogP contribution in [0.4, 0.5) is 4.79 Å². The predicted octanol–water partition coefficient (Wildman–Crippen LogP) is 0.683. The monoisotopic (exact) mass is 284 g/mol. The molecule has 8 heteroatoms. The van der Waals surface area contributed by atoms with Gasteiger partial charge in [-0.15, -0.1) is 0 Å². The number of urea groups is 1. The molecule has 1 aromatic rings. The summed E-state index contributed by atoms with van der Waals surface area (Å²) in [4.78, 5) is 31.4. The molecular formula is C11H13ClN4O3. The number of hydrogen-bond donors (Lipinski definition) is 3. The van der Waals surface area contributed by atoms with Gasteiger partial charge >= 0.3 is 12.0 Å². The molecule has 0 saturated heterocycles. The number of amides is 2. The van der Waals surface area contributed by atoms with Crippen molar-refractivity contribution in [1.82, 2.24) is 20.2 Å². The third-order valence-electron chi connectivity index (χ3n) is 2.88. The van der Waals surface area contributed by atoms with Crippen molar-refractivity contribution in [3.63, 3.8) is 0 Å². The van der Waals surface area contributed by atoms with Gasteiger partial charge in [0, 0.05) is 11.5 Å². The average Bonchev–Trinajstić information content (AvgIpc) is 2.81. The van der Waals surface area contributed by atoms with Crippen molar-refractivity contribution in [1.29, 1.82) is 0 Å². The first-order valence-corrected chi connectivity index (χ1v) is 5.98. The lowest BCUT2D eigenvalue weighted by atomic mass is 10.0. The van der Waals surface area contributed by atoms with Crippen molar-refractivity contribution in [2.75, 3.05) is 6.54 Å². The van der Waals surface area contributed by atoms with Crippen molar-refractivity contribution in [2.24, 2.45) is 0 Å². The Labute approximate surface area is 114 Å². The minimum atomic E-state index is -1.06. The van der Waals surface area contributed by atoms with E-state index in [1.807, 2.05) is 0 Å². The SMILES string of the molecule is C=C(Cl)CNC(=O)N1Cc2[nH]cnc2CC1C(=O)O. The van der Waals surface area contributed by atoms with Gasteiger partial charge in [0.15, 0.2) is 0 Å². The van der Waals surface area contributed by atoms with Gasteiger partial charge in [0.2, 0.25) is 0 Å². The molecule has 1 atom stereocenters. The number of H-pyrrole nitrogens is 1. The summed E-state index contributed by atoms with van der Waals surface area (Å²) in [5.74, 6) is -1.06. The van der Waals surface area contributed by atoms with Crippen LogP contribution in [0.1, 0.15) is 11.4 Å². The lowest BCUT2D eigenvalue weighted by Gasteiger charge is -2.32. The van der Waals surface area contributed by atoms with Crippen molar-refractivity contribution in [2.45, 2.75) is 19.0 Å². The molecule has 2 heterocycles. The molecule has 2 rings (SSSR count). The fraction of sp³-hybridized carbons (Fsp3) is 0.364. The second kappa shape index (κ2) is 5.31. The fourth-order valence-electron chi connectivity index (χ4n) is 1.94. The molecule has 0 bridgehead atoms. The van der Waals surface area contributed by atoms with Gasteiger partial charge in [0.05, 0.1) is 30.8 Å². The van der Waals surface area contributed by atoms with E-state index in [0.717, 1.165) is 5.69 Å². The molecule has 0 saturated carbocycles. The Morgan fingerprint density at radius 3 is 3.05 bits per heavy atom. The zero-order valence-corrected chi connectivity index (χ0v) is 10.8. The number of aromatic nitrogens is 2. The topological polar surface area (TPSA) is 98.3 Å². The van der Waals surface area contributed by atoms with E-state index in [0.29, 0.717) is 5.69 Å². The molecule has 0 radical (unpaired) electrons. The van der Waals surface area contributed by atoms with Crippen LogP contribution in [-0.4, -0.2) is 44.6 Å². The Hall–Kier alpha value is -2.02. The van der Waals surface area contributed by atoms with Gasteiger partial charge in [-0.1, -0.05) is 18.2 Å². The Bertz CT molecular complexity index is 528. The summed E-state index contributed by atoms with van der Waals surface area (Å²) in [5, 5.41) is 12.0. The number of aromatic amines is 1. The van der Waals surface area contributed by atoms with Crippen LogP contribution >= 0.6 is 11.6 Å². The fourth-order valence-corrected chi connectivity index (χ4v) is 2.01. The molecule has 1 unspecified atom stereocenters. The molecule has 1 aromatic heterocycles. The Morgan fingerprint density at radius 2 is 2.42 bits per heavy atom. The maximum absolute atomic E-state index is 12.0. The van der Waals surface area contributed by atoms with Gasteiger partial charge in [-0.05, 0) is 0 Å². The number of fused-ring (bicyclic) bond motifs is 1. The van der Waals surface area contributed by atoms with Crippen LogP contribution in [0, 0.1) is 0 Å². The number of carbonyl (C=O) groups excluding carboxylic acids is 1. The van der Waals surface area contributed by atoms with Crippen molar-refractivity contribution in [3.8, 4) is 0 Å². The lowest BCUT2D eigenvalue weighted by molar-refractivity contribution is -0.142. The molecule has 102 valence electrons. The summed E-state index contributed by atoms with van der Waals surface area (Å²) in [6.45, 7) is 3.72. The van der Waals surface area contributed by atoms with E-state index in [1.54, 1.807) is 0 Å². The summed E-state index contributed by atoms with van der Waals surface area (Å²) in [6, 6.07) is -1.42. The summed E-state index contributed by atoms with van der Waals surface area (Å²) in [5.41, 5.74) is 1.43. The van der Waals surface area contributed by atoms with E-state index in [-0.39, 0.29) is 24.5 Å². The van der Waals surface area contributed by atoms with E-state index < -0.39 is 18.0 Å². The lowest BCUT2D eigenvalue weighted by Crippen LogP contribution is -2.52. The number of rotatable bonds is 3. The second-order valence-corrected chi connectivity index (χ2v) is 4.72. The number of hydrogen-bond acceptors (Lipinski definition) is 3. The van der Waals surface area contributed by atoms with Crippen LogP contribution < -0.4 is 5.32 Å². The minimum absolute atomic E-state index is 0.0963. The first-order chi connectivity index (χ1) is 8.99. The van der Waals surface area contributed by atoms with E-state index in [2.05, 4.69) is 21.9 Å². The van der Waals surface area contributed by atoms with Crippen LogP contribution in [0.25, 0.3) is 0 Å². The summed E-state index contributed by atoms with van der Waals surface area (Å²) in [6.07, 6.45) is 1.68.